The summed E-state index contributed by atoms with van der Waals surface area (Å²) >= 11 is 0. The maximum absolute atomic E-state index is 13.6. The van der Waals surface area contributed by atoms with E-state index < -0.39 is 6.04 Å². The third-order valence-electron chi connectivity index (χ3n) is 6.52. The van der Waals surface area contributed by atoms with E-state index in [1.165, 1.54) is 12.1 Å². The van der Waals surface area contributed by atoms with Crippen molar-refractivity contribution in [3.8, 4) is 0 Å². The molecule has 1 aromatic heterocycles. The van der Waals surface area contributed by atoms with Crippen molar-refractivity contribution >= 4 is 11.8 Å². The van der Waals surface area contributed by atoms with Crippen LogP contribution in [0.5, 0.6) is 0 Å². The van der Waals surface area contributed by atoms with Gasteiger partial charge in [-0.2, -0.15) is 0 Å². The van der Waals surface area contributed by atoms with Crippen LogP contribution in [0.15, 0.2) is 65.1 Å². The van der Waals surface area contributed by atoms with E-state index >= 15 is 0 Å². The van der Waals surface area contributed by atoms with Crippen LogP contribution in [-0.2, 0) is 29.2 Å². The van der Waals surface area contributed by atoms with E-state index in [-0.39, 0.29) is 30.6 Å². The van der Waals surface area contributed by atoms with Gasteiger partial charge < -0.3 is 19.4 Å². The molecule has 7 nitrogen and oxygen atoms in total. The molecule has 0 saturated carbocycles. The minimum Gasteiger partial charge on any atom is -0.463 e. The average molecular weight is 478 g/mol. The number of ether oxygens (including phenoxy) is 1. The summed E-state index contributed by atoms with van der Waals surface area (Å²) in [5.41, 5.74) is 2.28. The Kier molecular flexibility index (Phi) is 6.92. The van der Waals surface area contributed by atoms with Gasteiger partial charge >= 0.3 is 0 Å². The van der Waals surface area contributed by atoms with Gasteiger partial charge in [-0.3, -0.25) is 14.5 Å². The molecule has 3 aromatic rings. The Hall–Kier alpha value is -3.49. The van der Waals surface area contributed by atoms with Crippen molar-refractivity contribution in [2.24, 2.45) is 0 Å². The number of hydrogen-bond donors (Lipinski definition) is 1. The van der Waals surface area contributed by atoms with Crippen molar-refractivity contribution in [1.29, 1.82) is 0 Å². The van der Waals surface area contributed by atoms with E-state index in [0.717, 1.165) is 37.6 Å². The summed E-state index contributed by atoms with van der Waals surface area (Å²) in [7, 11) is 0. The lowest BCUT2D eigenvalue weighted by Crippen LogP contribution is -2.35. The highest BCUT2D eigenvalue weighted by Gasteiger charge is 2.34. The lowest BCUT2D eigenvalue weighted by atomic mass is 10.0. The molecule has 1 fully saturated rings. The normalized spacial score (nSPS) is 16.8. The molecule has 8 heteroatoms. The first-order valence-corrected chi connectivity index (χ1v) is 11.9. The number of nitrogens with zero attached hydrogens (tertiary/aromatic N) is 2. The van der Waals surface area contributed by atoms with Gasteiger partial charge in [0.25, 0.3) is 5.91 Å². The molecular formula is C27H28FN3O4. The van der Waals surface area contributed by atoms with Crippen molar-refractivity contribution < 1.29 is 23.1 Å². The zero-order valence-electron chi connectivity index (χ0n) is 19.4. The van der Waals surface area contributed by atoms with Crippen LogP contribution in [0.25, 0.3) is 0 Å². The minimum absolute atomic E-state index is 0.0622. The van der Waals surface area contributed by atoms with Gasteiger partial charge in [0, 0.05) is 25.2 Å². The molecule has 1 atom stereocenters. The molecule has 1 N–H and O–H groups in total. The second-order valence-electron chi connectivity index (χ2n) is 8.89. The first kappa shape index (κ1) is 23.3. The van der Waals surface area contributed by atoms with E-state index in [4.69, 9.17) is 9.15 Å². The van der Waals surface area contributed by atoms with Crippen molar-refractivity contribution in [1.82, 2.24) is 15.1 Å². The molecule has 182 valence electrons. The first-order valence-electron chi connectivity index (χ1n) is 11.9. The molecule has 0 spiro atoms. The second kappa shape index (κ2) is 10.4. The summed E-state index contributed by atoms with van der Waals surface area (Å²) in [6.07, 6.45) is 0.0622. The van der Waals surface area contributed by atoms with E-state index in [1.54, 1.807) is 23.1 Å². The maximum atomic E-state index is 13.6. The monoisotopic (exact) mass is 477 g/mol. The van der Waals surface area contributed by atoms with Crippen LogP contribution in [0.2, 0.25) is 0 Å². The summed E-state index contributed by atoms with van der Waals surface area (Å²) in [4.78, 5) is 30.0. The molecule has 2 aromatic carbocycles. The van der Waals surface area contributed by atoms with Gasteiger partial charge in [0.1, 0.15) is 17.3 Å². The van der Waals surface area contributed by atoms with Gasteiger partial charge in [-0.1, -0.05) is 30.3 Å². The van der Waals surface area contributed by atoms with Crippen LogP contribution in [-0.4, -0.2) is 47.9 Å². The van der Waals surface area contributed by atoms with Crippen LogP contribution in [0.4, 0.5) is 4.39 Å². The summed E-state index contributed by atoms with van der Waals surface area (Å²) < 4.78 is 24.8. The van der Waals surface area contributed by atoms with Crippen molar-refractivity contribution in [3.05, 3.63) is 94.7 Å². The smallest absolute Gasteiger partial charge is 0.255 e. The molecule has 0 radical (unpaired) electrons. The Bertz CT molecular complexity index is 1190. The summed E-state index contributed by atoms with van der Waals surface area (Å²) in [6.45, 7) is 4.57. The summed E-state index contributed by atoms with van der Waals surface area (Å²) in [6, 6.07) is 16.7. The third-order valence-corrected chi connectivity index (χ3v) is 6.52. The largest absolute Gasteiger partial charge is 0.463 e. The van der Waals surface area contributed by atoms with Gasteiger partial charge in [0.2, 0.25) is 5.91 Å². The molecule has 2 aliphatic rings. The molecule has 0 bridgehead atoms. The molecule has 0 unspecified atom stereocenters. The summed E-state index contributed by atoms with van der Waals surface area (Å²) in [5, 5.41) is 2.91. The Morgan fingerprint density at radius 3 is 2.51 bits per heavy atom. The van der Waals surface area contributed by atoms with Gasteiger partial charge in [-0.25, -0.2) is 4.39 Å². The lowest BCUT2D eigenvalue weighted by molar-refractivity contribution is -0.122. The number of hydrogen-bond acceptors (Lipinski definition) is 5. The highest BCUT2D eigenvalue weighted by Crippen LogP contribution is 2.33. The molecular weight excluding hydrogens is 449 g/mol. The molecule has 5 rings (SSSR count). The number of carbonyl (C=O) groups excluding carboxylic acids is 2. The van der Waals surface area contributed by atoms with E-state index in [0.29, 0.717) is 30.0 Å². The molecule has 2 amide bonds. The van der Waals surface area contributed by atoms with E-state index in [2.05, 4.69) is 10.2 Å². The van der Waals surface area contributed by atoms with Crippen LogP contribution in [0.1, 0.15) is 45.5 Å². The highest BCUT2D eigenvalue weighted by molar-refractivity contribution is 5.98. The molecule has 35 heavy (non-hydrogen) atoms. The number of furan rings is 1. The fourth-order valence-electron chi connectivity index (χ4n) is 4.64. The first-order chi connectivity index (χ1) is 17.1. The topological polar surface area (TPSA) is 75.0 Å². The SMILES string of the molecule is O=C(C[C@@H](c1ccc(F)cc1)N1Cc2ccccc2C1=O)NCc1ccc(CN2CCOCC2)o1. The number of amides is 2. The zero-order valence-corrected chi connectivity index (χ0v) is 19.4. The van der Waals surface area contributed by atoms with E-state index in [1.807, 2.05) is 30.3 Å². The summed E-state index contributed by atoms with van der Waals surface area (Å²) in [5.74, 6) is 0.819. The van der Waals surface area contributed by atoms with Gasteiger partial charge in [-0.05, 0) is 41.5 Å². The van der Waals surface area contributed by atoms with Gasteiger partial charge in [0.15, 0.2) is 0 Å². The molecule has 1 saturated heterocycles. The Morgan fingerprint density at radius 1 is 1.00 bits per heavy atom. The van der Waals surface area contributed by atoms with Crippen LogP contribution < -0.4 is 5.32 Å². The minimum atomic E-state index is -0.510. The number of fused-ring (bicyclic) bond motifs is 1. The number of halogens is 1. The number of benzene rings is 2. The van der Waals surface area contributed by atoms with Crippen LogP contribution in [0.3, 0.4) is 0 Å². The number of carbonyl (C=O) groups is 2. The van der Waals surface area contributed by atoms with Crippen molar-refractivity contribution in [3.63, 3.8) is 0 Å². The number of nitrogens with one attached hydrogen (secondary N) is 1. The molecule has 0 aliphatic carbocycles. The van der Waals surface area contributed by atoms with Crippen molar-refractivity contribution in [2.75, 3.05) is 26.3 Å². The highest BCUT2D eigenvalue weighted by atomic mass is 19.1. The maximum Gasteiger partial charge on any atom is 0.255 e. The predicted molar refractivity (Wildman–Crippen MR) is 127 cm³/mol. The standard InChI is InChI=1S/C27H28FN3O4/c28-21-7-5-19(6-8-21)25(31-17-20-3-1-2-4-24(20)27(31)33)15-26(32)29-16-22-9-10-23(35-22)18-30-11-13-34-14-12-30/h1-10,25H,11-18H2,(H,29,32)/t25-/m0/s1. The quantitative estimate of drug-likeness (QED) is 0.536. The Morgan fingerprint density at radius 2 is 1.74 bits per heavy atom. The Labute approximate surface area is 203 Å². The zero-order chi connectivity index (χ0) is 24.2. The average Bonchev–Trinajstić information content (AvgIpc) is 3.46. The Balaban J connectivity index is 1.24. The third kappa shape index (κ3) is 5.44. The van der Waals surface area contributed by atoms with Crippen LogP contribution in [0, 0.1) is 5.82 Å². The fraction of sp³-hybridized carbons (Fsp3) is 0.333. The van der Waals surface area contributed by atoms with Crippen LogP contribution >= 0.6 is 0 Å². The van der Waals surface area contributed by atoms with E-state index in [9.17, 15) is 14.0 Å². The lowest BCUT2D eigenvalue weighted by Gasteiger charge is -2.28. The second-order valence-corrected chi connectivity index (χ2v) is 8.89. The molecule has 3 heterocycles. The van der Waals surface area contributed by atoms with Crippen molar-refractivity contribution in [2.45, 2.75) is 32.1 Å². The van der Waals surface area contributed by atoms with Gasteiger partial charge in [-0.15, -0.1) is 0 Å². The number of rotatable bonds is 8. The fourth-order valence-corrected chi connectivity index (χ4v) is 4.64. The molecule has 2 aliphatic heterocycles. The van der Waals surface area contributed by atoms with Gasteiger partial charge in [0.05, 0.1) is 38.8 Å². The predicted octanol–water partition coefficient (Wildman–Crippen LogP) is 3.65. The number of morpholine rings is 1.